The smallest absolute Gasteiger partial charge is 0.208 e. The molecule has 0 fully saturated rings. The van der Waals surface area contributed by atoms with Gasteiger partial charge in [-0.05, 0) is 6.07 Å². The van der Waals surface area contributed by atoms with E-state index < -0.39 is 0 Å². The average Bonchev–Trinajstić information content (AvgIpc) is 2.78. The maximum absolute atomic E-state index is 5.44. The third kappa shape index (κ3) is 2.59. The minimum Gasteiger partial charge on any atom is -0.496 e. The lowest BCUT2D eigenvalue weighted by Gasteiger charge is -2.07. The third-order valence-electron chi connectivity index (χ3n) is 2.28. The Bertz CT molecular complexity index is 538. The molecule has 1 aromatic heterocycles. The fourth-order valence-corrected chi connectivity index (χ4v) is 1.59. The number of hydrogen-bond acceptors (Lipinski definition) is 4. The van der Waals surface area contributed by atoms with Crippen molar-refractivity contribution in [3.63, 3.8) is 0 Å². The van der Waals surface area contributed by atoms with Gasteiger partial charge in [0, 0.05) is 5.56 Å². The van der Waals surface area contributed by atoms with E-state index in [0.29, 0.717) is 12.4 Å². The zero-order valence-corrected chi connectivity index (χ0v) is 10.1. The molecule has 0 bridgehead atoms. The van der Waals surface area contributed by atoms with Crippen molar-refractivity contribution in [3.05, 3.63) is 42.0 Å². The first-order valence-corrected chi connectivity index (χ1v) is 5.42. The lowest BCUT2D eigenvalue weighted by molar-refractivity contribution is 0.407. The van der Waals surface area contributed by atoms with Gasteiger partial charge < -0.3 is 10.5 Å². The largest absolute Gasteiger partial charge is 0.496 e. The Balaban J connectivity index is 2.22. The predicted octanol–water partition coefficient (Wildman–Crippen LogP) is 0.969. The second-order valence-corrected chi connectivity index (χ2v) is 3.88. The number of para-hydroxylation sites is 1. The highest BCUT2D eigenvalue weighted by atomic mass is 32.1. The normalized spacial score (nSPS) is 10.2. The van der Waals surface area contributed by atoms with E-state index in [1.807, 2.05) is 24.3 Å². The summed E-state index contributed by atoms with van der Waals surface area (Å²) in [5.41, 5.74) is 6.47. The van der Waals surface area contributed by atoms with Crippen molar-refractivity contribution < 1.29 is 4.74 Å². The van der Waals surface area contributed by atoms with E-state index in [2.05, 4.69) is 10.1 Å². The first-order chi connectivity index (χ1) is 8.20. The van der Waals surface area contributed by atoms with E-state index in [1.165, 1.54) is 0 Å². The highest BCUT2D eigenvalue weighted by Gasteiger charge is 2.06. The van der Waals surface area contributed by atoms with Gasteiger partial charge in [0.05, 0.1) is 13.7 Å². The van der Waals surface area contributed by atoms with E-state index in [1.54, 1.807) is 18.1 Å². The summed E-state index contributed by atoms with van der Waals surface area (Å²) in [4.78, 5) is 4.21. The molecular formula is C11H12N4OS. The third-order valence-corrected chi connectivity index (χ3v) is 2.46. The molecule has 2 rings (SSSR count). The Morgan fingerprint density at radius 2 is 2.24 bits per heavy atom. The molecule has 0 aliphatic heterocycles. The highest BCUT2D eigenvalue weighted by Crippen LogP contribution is 2.17. The molecule has 2 aromatic rings. The summed E-state index contributed by atoms with van der Waals surface area (Å²) in [5, 5.41) is 4.16. The molecule has 0 unspecified atom stereocenters. The molecule has 1 heterocycles. The van der Waals surface area contributed by atoms with Crippen LogP contribution in [-0.2, 0) is 6.54 Å². The van der Waals surface area contributed by atoms with Crippen molar-refractivity contribution in [3.8, 4) is 5.75 Å². The van der Waals surface area contributed by atoms with Crippen LogP contribution in [0.1, 0.15) is 11.4 Å². The van der Waals surface area contributed by atoms with Crippen LogP contribution >= 0.6 is 12.2 Å². The number of rotatable bonds is 4. The Morgan fingerprint density at radius 3 is 2.88 bits per heavy atom. The van der Waals surface area contributed by atoms with Gasteiger partial charge >= 0.3 is 0 Å². The van der Waals surface area contributed by atoms with Gasteiger partial charge in [0.2, 0.25) is 5.82 Å². The summed E-state index contributed by atoms with van der Waals surface area (Å²) in [6.45, 7) is 0.569. The van der Waals surface area contributed by atoms with Crippen molar-refractivity contribution >= 4 is 17.2 Å². The van der Waals surface area contributed by atoms with E-state index >= 15 is 0 Å². The topological polar surface area (TPSA) is 66.0 Å². The Morgan fingerprint density at radius 1 is 1.47 bits per heavy atom. The summed E-state index contributed by atoms with van der Waals surface area (Å²) in [6, 6.07) is 7.75. The highest BCUT2D eigenvalue weighted by molar-refractivity contribution is 7.80. The second kappa shape index (κ2) is 4.92. The molecule has 0 saturated heterocycles. The standard InChI is InChI=1S/C11H12N4OS/c1-16-9-5-3-2-4-8(9)6-15-7-13-11(14-15)10(12)17/h2-5,7H,6H2,1H3,(H2,12,17). The molecule has 2 N–H and O–H groups in total. The SMILES string of the molecule is COc1ccccc1Cn1cnc(C(N)=S)n1. The van der Waals surface area contributed by atoms with Gasteiger partial charge in [-0.1, -0.05) is 30.4 Å². The van der Waals surface area contributed by atoms with E-state index in [-0.39, 0.29) is 4.99 Å². The Hall–Kier alpha value is -1.95. The lowest BCUT2D eigenvalue weighted by atomic mass is 10.2. The molecule has 0 aliphatic rings. The first-order valence-electron chi connectivity index (χ1n) is 5.02. The zero-order chi connectivity index (χ0) is 12.3. The average molecular weight is 248 g/mol. The minimum absolute atomic E-state index is 0.198. The molecule has 0 amide bonds. The van der Waals surface area contributed by atoms with Gasteiger partial charge in [0.1, 0.15) is 17.1 Å². The number of hydrogen-bond donors (Lipinski definition) is 1. The van der Waals surface area contributed by atoms with E-state index in [9.17, 15) is 0 Å². The van der Waals surface area contributed by atoms with Crippen molar-refractivity contribution in [2.24, 2.45) is 5.73 Å². The Kier molecular flexibility index (Phi) is 3.34. The van der Waals surface area contributed by atoms with Gasteiger partial charge in [0.25, 0.3) is 0 Å². The van der Waals surface area contributed by atoms with Gasteiger partial charge in [-0.25, -0.2) is 9.67 Å². The van der Waals surface area contributed by atoms with Crippen molar-refractivity contribution in [2.75, 3.05) is 7.11 Å². The molecule has 1 aromatic carbocycles. The lowest BCUT2D eigenvalue weighted by Crippen LogP contribution is -2.12. The fraction of sp³-hybridized carbons (Fsp3) is 0.182. The molecular weight excluding hydrogens is 236 g/mol. The molecule has 0 spiro atoms. The monoisotopic (exact) mass is 248 g/mol. The van der Waals surface area contributed by atoms with Gasteiger partial charge in [-0.15, -0.1) is 5.10 Å². The number of nitrogens with two attached hydrogens (primary N) is 1. The molecule has 88 valence electrons. The van der Waals surface area contributed by atoms with Crippen LogP contribution in [0.3, 0.4) is 0 Å². The number of aromatic nitrogens is 3. The molecule has 0 aliphatic carbocycles. The summed E-state index contributed by atoms with van der Waals surface area (Å²) < 4.78 is 6.93. The van der Waals surface area contributed by atoms with Crippen LogP contribution in [0.2, 0.25) is 0 Å². The zero-order valence-electron chi connectivity index (χ0n) is 9.33. The molecule has 17 heavy (non-hydrogen) atoms. The second-order valence-electron chi connectivity index (χ2n) is 3.44. The quantitative estimate of drug-likeness (QED) is 0.817. The van der Waals surface area contributed by atoms with Crippen LogP contribution in [0, 0.1) is 0 Å². The van der Waals surface area contributed by atoms with Crippen LogP contribution in [0.4, 0.5) is 0 Å². The number of methoxy groups -OCH3 is 1. The van der Waals surface area contributed by atoms with Gasteiger partial charge in [0.15, 0.2) is 0 Å². The minimum atomic E-state index is 0.198. The predicted molar refractivity (Wildman–Crippen MR) is 68.0 cm³/mol. The van der Waals surface area contributed by atoms with Crippen molar-refractivity contribution in [1.29, 1.82) is 0 Å². The molecule has 0 radical (unpaired) electrons. The number of ether oxygens (including phenoxy) is 1. The van der Waals surface area contributed by atoms with Crippen LogP contribution in [0.5, 0.6) is 5.75 Å². The van der Waals surface area contributed by atoms with Crippen molar-refractivity contribution in [1.82, 2.24) is 14.8 Å². The summed E-state index contributed by atoms with van der Waals surface area (Å²) in [7, 11) is 1.64. The van der Waals surface area contributed by atoms with Gasteiger partial charge in [-0.3, -0.25) is 0 Å². The van der Waals surface area contributed by atoms with E-state index in [4.69, 9.17) is 22.7 Å². The fourth-order valence-electron chi connectivity index (χ4n) is 1.49. The van der Waals surface area contributed by atoms with Gasteiger partial charge in [-0.2, -0.15) is 0 Å². The summed E-state index contributed by atoms with van der Waals surface area (Å²) in [5.74, 6) is 1.20. The van der Waals surface area contributed by atoms with E-state index in [0.717, 1.165) is 11.3 Å². The van der Waals surface area contributed by atoms with Crippen LogP contribution in [-0.4, -0.2) is 26.9 Å². The van der Waals surface area contributed by atoms with Crippen LogP contribution < -0.4 is 10.5 Å². The first kappa shape index (κ1) is 11.5. The number of thiocarbonyl (C=S) groups is 1. The summed E-state index contributed by atoms with van der Waals surface area (Å²) in [6.07, 6.45) is 1.60. The molecule has 0 saturated carbocycles. The van der Waals surface area contributed by atoms with Crippen molar-refractivity contribution in [2.45, 2.75) is 6.54 Å². The Labute approximate surface area is 104 Å². The van der Waals surface area contributed by atoms with Crippen LogP contribution in [0.15, 0.2) is 30.6 Å². The van der Waals surface area contributed by atoms with Crippen LogP contribution in [0.25, 0.3) is 0 Å². The number of nitrogens with zero attached hydrogens (tertiary/aromatic N) is 3. The maximum Gasteiger partial charge on any atom is 0.208 e. The maximum atomic E-state index is 5.44. The number of benzene rings is 1. The molecule has 6 heteroatoms. The molecule has 5 nitrogen and oxygen atoms in total. The molecule has 0 atom stereocenters. The summed E-state index contributed by atoms with van der Waals surface area (Å²) >= 11 is 4.80.